The first-order valence-corrected chi connectivity index (χ1v) is 8.10. The average Bonchev–Trinajstić information content (AvgIpc) is 2.54. The van der Waals surface area contributed by atoms with Crippen LogP contribution in [0.1, 0.15) is 25.3 Å². The number of ether oxygens (including phenoxy) is 1. The van der Waals surface area contributed by atoms with Crippen LogP contribution in [0, 0.1) is 0 Å². The predicted molar refractivity (Wildman–Crippen MR) is 94.6 cm³/mol. The molecule has 0 saturated carbocycles. The SMILES string of the molecule is CCC(NC(=O)CCN)C1CN(Cc2ccccc2)CCO1.Cl. The Morgan fingerprint density at radius 3 is 2.83 bits per heavy atom. The third-order valence-electron chi connectivity index (χ3n) is 4.03. The van der Waals surface area contributed by atoms with Gasteiger partial charge in [0.05, 0.1) is 18.8 Å². The van der Waals surface area contributed by atoms with Crippen LogP contribution in [0.5, 0.6) is 0 Å². The van der Waals surface area contributed by atoms with Gasteiger partial charge in [0.1, 0.15) is 0 Å². The minimum atomic E-state index is 0. The van der Waals surface area contributed by atoms with Gasteiger partial charge in [-0.15, -0.1) is 12.4 Å². The molecule has 0 aliphatic carbocycles. The normalized spacial score (nSPS) is 19.7. The van der Waals surface area contributed by atoms with Crippen LogP contribution in [0.4, 0.5) is 0 Å². The largest absolute Gasteiger partial charge is 0.373 e. The molecule has 0 radical (unpaired) electrons. The molecule has 1 amide bonds. The summed E-state index contributed by atoms with van der Waals surface area (Å²) in [4.78, 5) is 14.2. The van der Waals surface area contributed by atoms with Crippen molar-refractivity contribution in [1.82, 2.24) is 10.2 Å². The number of carbonyl (C=O) groups excluding carboxylic acids is 1. The zero-order valence-electron chi connectivity index (χ0n) is 13.7. The van der Waals surface area contributed by atoms with Crippen LogP contribution in [0.25, 0.3) is 0 Å². The van der Waals surface area contributed by atoms with Gasteiger partial charge in [-0.05, 0) is 12.0 Å². The van der Waals surface area contributed by atoms with Crippen LogP contribution < -0.4 is 11.1 Å². The molecule has 1 aliphatic heterocycles. The van der Waals surface area contributed by atoms with Gasteiger partial charge in [-0.1, -0.05) is 37.3 Å². The van der Waals surface area contributed by atoms with Gasteiger partial charge in [0.2, 0.25) is 5.91 Å². The molecule has 1 fully saturated rings. The summed E-state index contributed by atoms with van der Waals surface area (Å²) in [6, 6.07) is 10.5. The fourth-order valence-electron chi connectivity index (χ4n) is 2.83. The van der Waals surface area contributed by atoms with E-state index in [1.54, 1.807) is 0 Å². The molecule has 0 spiro atoms. The predicted octanol–water partition coefficient (Wildman–Crippen LogP) is 1.55. The van der Waals surface area contributed by atoms with E-state index in [1.807, 2.05) is 6.07 Å². The first-order chi connectivity index (χ1) is 10.7. The Hall–Kier alpha value is -1.14. The lowest BCUT2D eigenvalue weighted by Gasteiger charge is -2.37. The summed E-state index contributed by atoms with van der Waals surface area (Å²) in [7, 11) is 0. The Morgan fingerprint density at radius 2 is 2.17 bits per heavy atom. The van der Waals surface area contributed by atoms with Crippen molar-refractivity contribution in [2.24, 2.45) is 5.73 Å². The maximum atomic E-state index is 11.8. The summed E-state index contributed by atoms with van der Waals surface area (Å²) in [5, 5.41) is 3.05. The Kier molecular flexibility index (Phi) is 9.17. The highest BCUT2D eigenvalue weighted by molar-refractivity contribution is 5.85. The van der Waals surface area contributed by atoms with E-state index in [9.17, 15) is 4.79 Å². The summed E-state index contributed by atoms with van der Waals surface area (Å²) >= 11 is 0. The van der Waals surface area contributed by atoms with Crippen LogP contribution in [-0.2, 0) is 16.1 Å². The van der Waals surface area contributed by atoms with E-state index >= 15 is 0 Å². The molecule has 6 heteroatoms. The Bertz CT molecular complexity index is 458. The van der Waals surface area contributed by atoms with E-state index < -0.39 is 0 Å². The van der Waals surface area contributed by atoms with Gasteiger partial charge in [-0.3, -0.25) is 9.69 Å². The van der Waals surface area contributed by atoms with E-state index in [4.69, 9.17) is 10.5 Å². The molecule has 1 heterocycles. The van der Waals surface area contributed by atoms with Crippen molar-refractivity contribution < 1.29 is 9.53 Å². The molecule has 1 aliphatic rings. The van der Waals surface area contributed by atoms with Crippen molar-refractivity contribution in [2.75, 3.05) is 26.2 Å². The summed E-state index contributed by atoms with van der Waals surface area (Å²) in [5.41, 5.74) is 6.74. The number of nitrogens with zero attached hydrogens (tertiary/aromatic N) is 1. The van der Waals surface area contributed by atoms with Gasteiger partial charge in [0, 0.05) is 32.6 Å². The van der Waals surface area contributed by atoms with Crippen molar-refractivity contribution in [3.63, 3.8) is 0 Å². The molecular formula is C17H28ClN3O2. The molecule has 130 valence electrons. The van der Waals surface area contributed by atoms with Crippen molar-refractivity contribution >= 4 is 18.3 Å². The molecule has 2 rings (SSSR count). The third-order valence-corrected chi connectivity index (χ3v) is 4.03. The standard InChI is InChI=1S/C17H27N3O2.ClH/c1-2-15(19-17(21)8-9-18)16-13-20(10-11-22-16)12-14-6-4-3-5-7-14;/h3-7,15-16H,2,8-13,18H2,1H3,(H,19,21);1H. The molecular weight excluding hydrogens is 314 g/mol. The zero-order valence-corrected chi connectivity index (χ0v) is 14.6. The van der Waals surface area contributed by atoms with Crippen molar-refractivity contribution in [2.45, 2.75) is 38.5 Å². The number of morpholine rings is 1. The van der Waals surface area contributed by atoms with Gasteiger partial charge in [-0.25, -0.2) is 0 Å². The molecule has 3 N–H and O–H groups in total. The number of nitrogens with two attached hydrogens (primary N) is 1. The molecule has 1 saturated heterocycles. The zero-order chi connectivity index (χ0) is 15.8. The molecule has 1 aromatic rings. The highest BCUT2D eigenvalue weighted by atomic mass is 35.5. The minimum absolute atomic E-state index is 0. The number of nitrogens with one attached hydrogen (secondary N) is 1. The number of carbonyl (C=O) groups is 1. The topological polar surface area (TPSA) is 67.6 Å². The van der Waals surface area contributed by atoms with Gasteiger partial charge >= 0.3 is 0 Å². The fraction of sp³-hybridized carbons (Fsp3) is 0.588. The number of rotatable bonds is 7. The summed E-state index contributed by atoms with van der Waals surface area (Å²) in [6.45, 7) is 5.87. The monoisotopic (exact) mass is 341 g/mol. The molecule has 0 aromatic heterocycles. The van der Waals surface area contributed by atoms with Crippen LogP contribution >= 0.6 is 12.4 Å². The molecule has 23 heavy (non-hydrogen) atoms. The lowest BCUT2D eigenvalue weighted by atomic mass is 10.1. The highest BCUT2D eigenvalue weighted by Gasteiger charge is 2.28. The van der Waals surface area contributed by atoms with E-state index in [1.165, 1.54) is 5.56 Å². The van der Waals surface area contributed by atoms with Gasteiger partial charge < -0.3 is 15.8 Å². The lowest BCUT2D eigenvalue weighted by molar-refractivity contribution is -0.124. The second-order valence-corrected chi connectivity index (χ2v) is 5.75. The first-order valence-electron chi connectivity index (χ1n) is 8.10. The third kappa shape index (κ3) is 6.47. The smallest absolute Gasteiger partial charge is 0.221 e. The second kappa shape index (κ2) is 10.6. The molecule has 0 bridgehead atoms. The van der Waals surface area contributed by atoms with Gasteiger partial charge in [0.15, 0.2) is 0 Å². The quantitative estimate of drug-likeness (QED) is 0.789. The van der Waals surface area contributed by atoms with E-state index in [0.29, 0.717) is 19.6 Å². The number of halogens is 1. The lowest BCUT2D eigenvalue weighted by Crippen LogP contribution is -2.53. The molecule has 1 aromatic carbocycles. The molecule has 2 atom stereocenters. The fourth-order valence-corrected chi connectivity index (χ4v) is 2.83. The maximum Gasteiger partial charge on any atom is 0.221 e. The highest BCUT2D eigenvalue weighted by Crippen LogP contribution is 2.14. The summed E-state index contributed by atoms with van der Waals surface area (Å²) < 4.78 is 5.89. The van der Waals surface area contributed by atoms with Crippen LogP contribution in [0.3, 0.4) is 0 Å². The van der Waals surface area contributed by atoms with Crippen molar-refractivity contribution in [3.8, 4) is 0 Å². The maximum absolute atomic E-state index is 11.8. The van der Waals surface area contributed by atoms with Gasteiger partial charge in [-0.2, -0.15) is 0 Å². The summed E-state index contributed by atoms with van der Waals surface area (Å²) in [6.07, 6.45) is 1.28. The van der Waals surface area contributed by atoms with Crippen molar-refractivity contribution in [3.05, 3.63) is 35.9 Å². The minimum Gasteiger partial charge on any atom is -0.373 e. The van der Waals surface area contributed by atoms with Crippen LogP contribution in [0.2, 0.25) is 0 Å². The number of hydrogen-bond acceptors (Lipinski definition) is 4. The number of benzene rings is 1. The Morgan fingerprint density at radius 1 is 1.43 bits per heavy atom. The van der Waals surface area contributed by atoms with Crippen molar-refractivity contribution in [1.29, 1.82) is 0 Å². The Balaban J connectivity index is 0.00000264. The molecule has 2 unspecified atom stereocenters. The summed E-state index contributed by atoms with van der Waals surface area (Å²) in [5.74, 6) is 0.0122. The van der Waals surface area contributed by atoms with Gasteiger partial charge in [0.25, 0.3) is 0 Å². The van der Waals surface area contributed by atoms with E-state index in [0.717, 1.165) is 26.1 Å². The second-order valence-electron chi connectivity index (χ2n) is 5.75. The Labute approximate surface area is 145 Å². The average molecular weight is 342 g/mol. The molecule has 5 nitrogen and oxygen atoms in total. The number of hydrogen-bond donors (Lipinski definition) is 2. The van der Waals surface area contributed by atoms with E-state index in [-0.39, 0.29) is 30.5 Å². The van der Waals surface area contributed by atoms with Crippen LogP contribution in [0.15, 0.2) is 30.3 Å². The first kappa shape index (κ1) is 19.9. The van der Waals surface area contributed by atoms with Crippen LogP contribution in [-0.4, -0.2) is 49.2 Å². The number of amides is 1. The van der Waals surface area contributed by atoms with E-state index in [2.05, 4.69) is 41.4 Å².